The summed E-state index contributed by atoms with van der Waals surface area (Å²) in [6.45, 7) is 9.81. The Morgan fingerprint density at radius 1 is 1.24 bits per heavy atom. The van der Waals surface area contributed by atoms with Gasteiger partial charge in [-0.15, -0.1) is 0 Å². The first-order valence-electron chi connectivity index (χ1n) is 8.90. The Morgan fingerprint density at radius 2 is 2.00 bits per heavy atom. The summed E-state index contributed by atoms with van der Waals surface area (Å²) in [6.07, 6.45) is 13.9. The maximum Gasteiger partial charge on any atom is 0.0490 e. The number of aliphatic hydroxyl groups is 1. The molecule has 1 heteroatoms. The number of fused-ring (bicyclic) bond motifs is 3. The van der Waals surface area contributed by atoms with E-state index in [1.165, 1.54) is 32.1 Å². The highest BCUT2D eigenvalue weighted by atomic mass is 16.3. The van der Waals surface area contributed by atoms with Crippen molar-refractivity contribution in [2.24, 2.45) is 34.5 Å². The monoisotopic (exact) mass is 288 g/mol. The third-order valence-corrected chi connectivity index (χ3v) is 7.02. The first-order chi connectivity index (χ1) is 9.90. The predicted molar refractivity (Wildman–Crippen MR) is 88.9 cm³/mol. The van der Waals surface area contributed by atoms with Gasteiger partial charge in [-0.2, -0.15) is 0 Å². The number of hydrogen-bond acceptors (Lipinski definition) is 1. The third-order valence-electron chi connectivity index (χ3n) is 7.02. The van der Waals surface area contributed by atoms with Crippen LogP contribution in [0.2, 0.25) is 0 Å². The van der Waals surface area contributed by atoms with E-state index in [1.807, 2.05) is 0 Å². The van der Waals surface area contributed by atoms with E-state index >= 15 is 0 Å². The number of hydrogen-bond donors (Lipinski definition) is 1. The van der Waals surface area contributed by atoms with Crippen molar-refractivity contribution in [2.75, 3.05) is 6.61 Å². The second kappa shape index (κ2) is 5.26. The van der Waals surface area contributed by atoms with Crippen LogP contribution in [-0.4, -0.2) is 11.7 Å². The van der Waals surface area contributed by atoms with Crippen molar-refractivity contribution >= 4 is 0 Å². The highest BCUT2D eigenvalue weighted by Crippen LogP contribution is 2.61. The normalized spacial score (nSPS) is 46.0. The molecule has 1 fully saturated rings. The van der Waals surface area contributed by atoms with Gasteiger partial charge in [0.15, 0.2) is 0 Å². The zero-order valence-electron chi connectivity index (χ0n) is 14.2. The van der Waals surface area contributed by atoms with E-state index in [1.54, 1.807) is 5.57 Å². The van der Waals surface area contributed by atoms with Crippen LogP contribution in [0.3, 0.4) is 0 Å². The average Bonchev–Trinajstić information content (AvgIpc) is 2.46. The van der Waals surface area contributed by atoms with Crippen molar-refractivity contribution in [1.29, 1.82) is 0 Å². The molecule has 3 rings (SSSR count). The standard InChI is InChI=1S/C20H32O/c1-14(2)15-6-8-17-16(12-15)7-9-18-19(3,13-21)10-5-11-20(17,18)4/h7,9,12,14,16-18,21H,5-6,8,10-11,13H2,1-4H3. The van der Waals surface area contributed by atoms with E-state index in [4.69, 9.17) is 0 Å². The lowest BCUT2D eigenvalue weighted by atomic mass is 9.47. The Labute approximate surface area is 130 Å². The van der Waals surface area contributed by atoms with Crippen LogP contribution in [0.25, 0.3) is 0 Å². The summed E-state index contributed by atoms with van der Waals surface area (Å²) >= 11 is 0. The summed E-state index contributed by atoms with van der Waals surface area (Å²) < 4.78 is 0. The smallest absolute Gasteiger partial charge is 0.0490 e. The lowest BCUT2D eigenvalue weighted by Crippen LogP contribution is -2.52. The Morgan fingerprint density at radius 3 is 2.67 bits per heavy atom. The average molecular weight is 288 g/mol. The fourth-order valence-electron chi connectivity index (χ4n) is 5.67. The second-order valence-corrected chi connectivity index (χ2v) is 8.65. The maximum atomic E-state index is 9.97. The van der Waals surface area contributed by atoms with Gasteiger partial charge in [0, 0.05) is 6.61 Å². The Bertz CT molecular complexity index is 460. The summed E-state index contributed by atoms with van der Waals surface area (Å²) in [5, 5.41) is 9.97. The molecule has 3 aliphatic rings. The summed E-state index contributed by atoms with van der Waals surface area (Å²) in [5.41, 5.74) is 2.13. The Balaban J connectivity index is 1.96. The summed E-state index contributed by atoms with van der Waals surface area (Å²) in [6, 6.07) is 0. The topological polar surface area (TPSA) is 20.2 Å². The number of aliphatic hydroxyl groups excluding tert-OH is 1. The molecule has 5 atom stereocenters. The summed E-state index contributed by atoms with van der Waals surface area (Å²) in [5.74, 6) is 2.66. The van der Waals surface area contributed by atoms with Crippen LogP contribution in [0.1, 0.15) is 59.8 Å². The molecule has 118 valence electrons. The van der Waals surface area contributed by atoms with E-state index in [0.29, 0.717) is 29.8 Å². The van der Waals surface area contributed by atoms with Gasteiger partial charge in [-0.25, -0.2) is 0 Å². The first kappa shape index (κ1) is 15.3. The van der Waals surface area contributed by atoms with Crippen LogP contribution >= 0.6 is 0 Å². The van der Waals surface area contributed by atoms with Gasteiger partial charge in [-0.1, -0.05) is 57.9 Å². The van der Waals surface area contributed by atoms with Gasteiger partial charge in [0.05, 0.1) is 0 Å². The van der Waals surface area contributed by atoms with Crippen LogP contribution in [0.15, 0.2) is 23.8 Å². The van der Waals surface area contributed by atoms with Gasteiger partial charge >= 0.3 is 0 Å². The Kier molecular flexibility index (Phi) is 3.84. The minimum absolute atomic E-state index is 0.0938. The molecule has 0 spiro atoms. The van der Waals surface area contributed by atoms with Gasteiger partial charge < -0.3 is 5.11 Å². The fraction of sp³-hybridized carbons (Fsp3) is 0.800. The molecule has 0 heterocycles. The van der Waals surface area contributed by atoms with Crippen LogP contribution in [0.4, 0.5) is 0 Å². The molecule has 0 radical (unpaired) electrons. The highest BCUT2D eigenvalue weighted by molar-refractivity contribution is 5.24. The van der Waals surface area contributed by atoms with Crippen molar-refractivity contribution in [2.45, 2.75) is 59.8 Å². The minimum atomic E-state index is 0.0938. The fourth-order valence-corrected chi connectivity index (χ4v) is 5.67. The molecule has 1 saturated carbocycles. The SMILES string of the molecule is CC(C)C1=CC2C=CC3C(C)(CO)CCCC3(C)C2CC1. The van der Waals surface area contributed by atoms with E-state index in [0.717, 1.165) is 5.92 Å². The van der Waals surface area contributed by atoms with Gasteiger partial charge in [-0.05, 0) is 60.2 Å². The first-order valence-corrected chi connectivity index (χ1v) is 8.90. The third kappa shape index (κ3) is 2.32. The van der Waals surface area contributed by atoms with Gasteiger partial charge in [0.25, 0.3) is 0 Å². The lowest BCUT2D eigenvalue weighted by molar-refractivity contribution is -0.0671. The molecule has 5 unspecified atom stereocenters. The quantitative estimate of drug-likeness (QED) is 0.711. The van der Waals surface area contributed by atoms with Crippen molar-refractivity contribution in [1.82, 2.24) is 0 Å². The predicted octanol–water partition coefficient (Wildman–Crippen LogP) is 4.97. The van der Waals surface area contributed by atoms with Crippen molar-refractivity contribution in [3.8, 4) is 0 Å². The molecule has 1 N–H and O–H groups in total. The Hall–Kier alpha value is -0.560. The molecule has 1 nitrogen and oxygen atoms in total. The molecule has 0 saturated heterocycles. The van der Waals surface area contributed by atoms with Gasteiger partial charge in [0.2, 0.25) is 0 Å². The highest BCUT2D eigenvalue weighted by Gasteiger charge is 2.54. The van der Waals surface area contributed by atoms with E-state index in [9.17, 15) is 5.11 Å². The zero-order valence-corrected chi connectivity index (χ0v) is 14.2. The van der Waals surface area contributed by atoms with Crippen LogP contribution in [-0.2, 0) is 0 Å². The van der Waals surface area contributed by atoms with Crippen LogP contribution < -0.4 is 0 Å². The van der Waals surface area contributed by atoms with E-state index < -0.39 is 0 Å². The number of rotatable bonds is 2. The van der Waals surface area contributed by atoms with Crippen molar-refractivity contribution < 1.29 is 5.11 Å². The molecular formula is C20H32O. The lowest BCUT2D eigenvalue weighted by Gasteiger charge is -2.58. The molecule has 0 aromatic heterocycles. The molecule has 0 aliphatic heterocycles. The van der Waals surface area contributed by atoms with Crippen molar-refractivity contribution in [3.63, 3.8) is 0 Å². The molecule has 0 aromatic rings. The molecule has 3 aliphatic carbocycles. The molecular weight excluding hydrogens is 256 g/mol. The van der Waals surface area contributed by atoms with Crippen LogP contribution in [0, 0.1) is 34.5 Å². The van der Waals surface area contributed by atoms with Gasteiger partial charge in [0.1, 0.15) is 0 Å². The summed E-state index contributed by atoms with van der Waals surface area (Å²) in [4.78, 5) is 0. The van der Waals surface area contributed by atoms with E-state index in [-0.39, 0.29) is 5.41 Å². The summed E-state index contributed by atoms with van der Waals surface area (Å²) in [7, 11) is 0. The maximum absolute atomic E-state index is 9.97. The van der Waals surface area contributed by atoms with Gasteiger partial charge in [-0.3, -0.25) is 0 Å². The minimum Gasteiger partial charge on any atom is -0.396 e. The van der Waals surface area contributed by atoms with Crippen molar-refractivity contribution in [3.05, 3.63) is 23.8 Å². The molecule has 21 heavy (non-hydrogen) atoms. The molecule has 0 amide bonds. The zero-order chi connectivity index (χ0) is 15.3. The molecule has 0 aromatic carbocycles. The number of allylic oxidation sites excluding steroid dienone is 4. The van der Waals surface area contributed by atoms with E-state index in [2.05, 4.69) is 45.9 Å². The van der Waals surface area contributed by atoms with Crippen LogP contribution in [0.5, 0.6) is 0 Å². The molecule has 0 bridgehead atoms. The largest absolute Gasteiger partial charge is 0.396 e. The second-order valence-electron chi connectivity index (χ2n) is 8.65.